The van der Waals surface area contributed by atoms with Gasteiger partial charge in [-0.25, -0.2) is 0 Å². The van der Waals surface area contributed by atoms with Crippen molar-refractivity contribution in [3.05, 3.63) is 23.8 Å². The number of aliphatic hydroxyl groups excluding tert-OH is 1. The summed E-state index contributed by atoms with van der Waals surface area (Å²) in [5.74, 6) is -1.05. The molecule has 128 valence electrons. The first kappa shape index (κ1) is 20.6. The van der Waals surface area contributed by atoms with Crippen LogP contribution in [0.15, 0.2) is 18.2 Å². The smallest absolute Gasteiger partial charge is 0.496 e. The summed E-state index contributed by atoms with van der Waals surface area (Å²) in [6.45, 7) is 0. The molecular formula is C11H12ClF6NO3. The van der Waals surface area contributed by atoms with Crippen LogP contribution in [-0.4, -0.2) is 30.9 Å². The number of hydrogen-bond acceptors (Lipinski definition) is 4. The molecule has 0 aromatic heterocycles. The molecule has 0 aliphatic carbocycles. The maximum absolute atomic E-state index is 12.4. The first-order chi connectivity index (χ1) is 9.45. The van der Waals surface area contributed by atoms with Crippen molar-refractivity contribution in [1.82, 2.24) is 0 Å². The fraction of sp³-hybridized carbons (Fsp3) is 0.455. The minimum Gasteiger partial charge on any atom is -0.496 e. The third-order valence-electron chi connectivity index (χ3n) is 2.47. The van der Waals surface area contributed by atoms with E-state index < -0.39 is 30.4 Å². The number of nitrogens with two attached hydrogens (primary N) is 1. The first-order valence-electron chi connectivity index (χ1n) is 5.39. The van der Waals surface area contributed by atoms with Crippen molar-refractivity contribution < 1.29 is 40.9 Å². The zero-order valence-corrected chi connectivity index (χ0v) is 11.7. The van der Waals surface area contributed by atoms with Gasteiger partial charge in [0.25, 0.3) is 0 Å². The van der Waals surface area contributed by atoms with Gasteiger partial charge in [0, 0.05) is 11.6 Å². The molecule has 3 N–H and O–H groups in total. The number of alkyl halides is 6. The number of rotatable bonds is 4. The van der Waals surface area contributed by atoms with E-state index in [-0.39, 0.29) is 23.7 Å². The van der Waals surface area contributed by atoms with Gasteiger partial charge in [-0.1, -0.05) is 0 Å². The van der Waals surface area contributed by atoms with Crippen molar-refractivity contribution in [2.45, 2.75) is 24.7 Å². The van der Waals surface area contributed by atoms with Gasteiger partial charge in [0.05, 0.1) is 13.2 Å². The highest BCUT2D eigenvalue weighted by Gasteiger charge is 2.43. The largest absolute Gasteiger partial charge is 0.573 e. The van der Waals surface area contributed by atoms with E-state index in [0.717, 1.165) is 25.3 Å². The SMILES string of the molecule is COc1cc(OC(F)(F)F)ccc1[C@H](N)[C@H](O)C(F)(F)F.Cl. The quantitative estimate of drug-likeness (QED) is 0.815. The Bertz CT molecular complexity index is 494. The topological polar surface area (TPSA) is 64.7 Å². The van der Waals surface area contributed by atoms with Crippen molar-refractivity contribution in [2.75, 3.05) is 7.11 Å². The van der Waals surface area contributed by atoms with Crippen LogP contribution in [0.4, 0.5) is 26.3 Å². The predicted molar refractivity (Wildman–Crippen MR) is 65.9 cm³/mol. The summed E-state index contributed by atoms with van der Waals surface area (Å²) in [5, 5.41) is 9.07. The number of methoxy groups -OCH3 is 1. The van der Waals surface area contributed by atoms with E-state index >= 15 is 0 Å². The van der Waals surface area contributed by atoms with Gasteiger partial charge in [0.15, 0.2) is 6.10 Å². The molecule has 0 aliphatic heterocycles. The second kappa shape index (κ2) is 7.25. The summed E-state index contributed by atoms with van der Waals surface area (Å²) in [6, 6.07) is 0.444. The van der Waals surface area contributed by atoms with Crippen LogP contribution in [0.25, 0.3) is 0 Å². The molecule has 2 atom stereocenters. The summed E-state index contributed by atoms with van der Waals surface area (Å²) >= 11 is 0. The van der Waals surface area contributed by atoms with E-state index in [1.807, 2.05) is 0 Å². The lowest BCUT2D eigenvalue weighted by Crippen LogP contribution is -2.39. The van der Waals surface area contributed by atoms with Crippen LogP contribution in [0, 0.1) is 0 Å². The zero-order valence-electron chi connectivity index (χ0n) is 10.9. The van der Waals surface area contributed by atoms with Gasteiger partial charge in [-0.15, -0.1) is 25.6 Å². The summed E-state index contributed by atoms with van der Waals surface area (Å²) in [5.41, 5.74) is 4.96. The van der Waals surface area contributed by atoms with Gasteiger partial charge < -0.3 is 20.3 Å². The van der Waals surface area contributed by atoms with Crippen LogP contribution in [0.5, 0.6) is 11.5 Å². The molecule has 0 spiro atoms. The van der Waals surface area contributed by atoms with E-state index in [2.05, 4.69) is 9.47 Å². The minimum absolute atomic E-state index is 0. The van der Waals surface area contributed by atoms with Gasteiger partial charge in [0.2, 0.25) is 0 Å². The number of benzene rings is 1. The van der Waals surface area contributed by atoms with Crippen LogP contribution in [0.3, 0.4) is 0 Å². The Morgan fingerprint density at radius 3 is 2.09 bits per heavy atom. The van der Waals surface area contributed by atoms with E-state index in [9.17, 15) is 26.3 Å². The Balaban J connectivity index is 0.00000441. The van der Waals surface area contributed by atoms with Gasteiger partial charge in [-0.05, 0) is 12.1 Å². The molecule has 11 heteroatoms. The number of ether oxygens (including phenoxy) is 2. The van der Waals surface area contributed by atoms with Crippen LogP contribution in [-0.2, 0) is 0 Å². The highest BCUT2D eigenvalue weighted by molar-refractivity contribution is 5.85. The molecule has 1 aromatic carbocycles. The highest BCUT2D eigenvalue weighted by Crippen LogP contribution is 2.36. The Hall–Kier alpha value is -1.39. The minimum atomic E-state index is -4.98. The molecular weight excluding hydrogens is 344 g/mol. The molecule has 0 fully saturated rings. The number of hydrogen-bond donors (Lipinski definition) is 2. The van der Waals surface area contributed by atoms with Crippen molar-refractivity contribution >= 4 is 12.4 Å². The van der Waals surface area contributed by atoms with E-state index in [0.29, 0.717) is 0 Å². The molecule has 0 saturated carbocycles. The summed E-state index contributed by atoms with van der Waals surface area (Å²) in [7, 11) is 1.03. The predicted octanol–water partition coefficient (Wildman–Crippen LogP) is 2.94. The standard InChI is InChI=1S/C11H11F6NO3.ClH/c1-20-7-4-5(21-11(15,16)17)2-3-6(7)8(18)9(19)10(12,13)14;/h2-4,8-9,19H,18H2,1H3;1H/t8-,9-;/m0./s1. The van der Waals surface area contributed by atoms with E-state index in [1.165, 1.54) is 0 Å². The van der Waals surface area contributed by atoms with Crippen LogP contribution in [0.2, 0.25) is 0 Å². The molecule has 0 bridgehead atoms. The van der Waals surface area contributed by atoms with Gasteiger partial charge in [0.1, 0.15) is 11.5 Å². The molecule has 0 radical (unpaired) electrons. The third kappa shape index (κ3) is 5.43. The molecule has 4 nitrogen and oxygen atoms in total. The number of aliphatic hydroxyl groups is 1. The van der Waals surface area contributed by atoms with Crippen molar-refractivity contribution in [3.8, 4) is 11.5 Å². The summed E-state index contributed by atoms with van der Waals surface area (Å²) in [6.07, 6.45) is -12.8. The van der Waals surface area contributed by atoms with Crippen molar-refractivity contribution in [3.63, 3.8) is 0 Å². The van der Waals surface area contributed by atoms with Gasteiger partial charge in [-0.2, -0.15) is 13.2 Å². The van der Waals surface area contributed by atoms with Crippen LogP contribution < -0.4 is 15.2 Å². The Morgan fingerprint density at radius 2 is 1.68 bits per heavy atom. The van der Waals surface area contributed by atoms with Gasteiger partial charge >= 0.3 is 12.5 Å². The average molecular weight is 356 g/mol. The fourth-order valence-electron chi connectivity index (χ4n) is 1.54. The van der Waals surface area contributed by atoms with E-state index in [4.69, 9.17) is 10.8 Å². The van der Waals surface area contributed by atoms with Crippen LogP contribution in [0.1, 0.15) is 11.6 Å². The normalized spacial score (nSPS) is 14.8. The molecule has 0 unspecified atom stereocenters. The Labute approximate surface area is 127 Å². The number of halogens is 7. The Kier molecular flexibility index (Phi) is 6.79. The Morgan fingerprint density at radius 1 is 1.14 bits per heavy atom. The third-order valence-corrected chi connectivity index (χ3v) is 2.47. The maximum Gasteiger partial charge on any atom is 0.573 e. The van der Waals surface area contributed by atoms with Crippen molar-refractivity contribution in [2.24, 2.45) is 5.73 Å². The lowest BCUT2D eigenvalue weighted by molar-refractivity contribution is -0.274. The molecule has 1 aromatic rings. The van der Waals surface area contributed by atoms with Crippen molar-refractivity contribution in [1.29, 1.82) is 0 Å². The highest BCUT2D eigenvalue weighted by atomic mass is 35.5. The summed E-state index contributed by atoms with van der Waals surface area (Å²) in [4.78, 5) is 0. The lowest BCUT2D eigenvalue weighted by atomic mass is 10.0. The molecule has 22 heavy (non-hydrogen) atoms. The molecule has 0 heterocycles. The summed E-state index contributed by atoms with van der Waals surface area (Å²) < 4.78 is 81.5. The second-order valence-corrected chi connectivity index (χ2v) is 3.96. The van der Waals surface area contributed by atoms with Gasteiger partial charge in [-0.3, -0.25) is 0 Å². The monoisotopic (exact) mass is 355 g/mol. The molecule has 0 saturated heterocycles. The lowest BCUT2D eigenvalue weighted by Gasteiger charge is -2.23. The zero-order chi connectivity index (χ0) is 16.4. The van der Waals surface area contributed by atoms with E-state index in [1.54, 1.807) is 0 Å². The second-order valence-electron chi connectivity index (χ2n) is 3.96. The first-order valence-corrected chi connectivity index (χ1v) is 5.39. The molecule has 0 amide bonds. The maximum atomic E-state index is 12.4. The molecule has 1 rings (SSSR count). The average Bonchev–Trinajstić information content (AvgIpc) is 2.33. The van der Waals surface area contributed by atoms with Crippen LogP contribution >= 0.6 is 12.4 Å². The fourth-order valence-corrected chi connectivity index (χ4v) is 1.54. The molecule has 0 aliphatic rings.